The van der Waals surface area contributed by atoms with Gasteiger partial charge >= 0.3 is 13.7 Å². The summed E-state index contributed by atoms with van der Waals surface area (Å²) < 4.78 is 42.8. The predicted octanol–water partition coefficient (Wildman–Crippen LogP) is 6.77. The summed E-state index contributed by atoms with van der Waals surface area (Å²) in [5, 5.41) is 0. The summed E-state index contributed by atoms with van der Waals surface area (Å²) in [4.78, 5) is 29.3. The van der Waals surface area contributed by atoms with Crippen molar-refractivity contribution in [2.45, 2.75) is 77.4 Å². The number of piperidine rings is 1. The van der Waals surface area contributed by atoms with E-state index in [1.54, 1.807) is 43.0 Å². The van der Waals surface area contributed by atoms with Crippen molar-refractivity contribution in [2.75, 3.05) is 26.4 Å². The normalized spacial score (nSPS) is 19.7. The Labute approximate surface area is 237 Å². The molecule has 0 saturated carbocycles. The van der Waals surface area contributed by atoms with E-state index in [9.17, 15) is 14.2 Å². The highest BCUT2D eigenvalue weighted by molar-refractivity contribution is 7.55. The average molecular weight is 576 g/mol. The molecular formula is C30H42NO8P. The molecule has 0 spiro atoms. The minimum absolute atomic E-state index is 0.0419. The minimum Gasteiger partial charge on any atom is -0.410 e. The van der Waals surface area contributed by atoms with Crippen LogP contribution in [0.3, 0.4) is 0 Å². The van der Waals surface area contributed by atoms with Crippen molar-refractivity contribution in [3.8, 4) is 5.75 Å². The van der Waals surface area contributed by atoms with Gasteiger partial charge in [0, 0.05) is 19.6 Å². The molecule has 0 aromatic heterocycles. The van der Waals surface area contributed by atoms with Gasteiger partial charge in [0.2, 0.25) is 0 Å². The molecule has 0 aliphatic carbocycles. The first-order valence-corrected chi connectivity index (χ1v) is 15.7. The Morgan fingerprint density at radius 2 is 1.48 bits per heavy atom. The fraction of sp³-hybridized carbons (Fsp3) is 0.533. The van der Waals surface area contributed by atoms with E-state index in [0.717, 1.165) is 5.56 Å². The van der Waals surface area contributed by atoms with Gasteiger partial charge in [-0.25, -0.2) is 4.79 Å². The monoisotopic (exact) mass is 575 g/mol. The van der Waals surface area contributed by atoms with Gasteiger partial charge in [0.1, 0.15) is 11.4 Å². The van der Waals surface area contributed by atoms with Crippen molar-refractivity contribution in [2.24, 2.45) is 0 Å². The molecule has 3 rings (SSSR count). The first kappa shape index (κ1) is 32.0. The zero-order valence-electron chi connectivity index (χ0n) is 23.9. The molecule has 2 aromatic rings. The van der Waals surface area contributed by atoms with Crippen molar-refractivity contribution >= 4 is 19.5 Å². The third kappa shape index (κ3) is 8.24. The Kier molecular flexibility index (Phi) is 12.8. The van der Waals surface area contributed by atoms with Gasteiger partial charge in [-0.3, -0.25) is 14.3 Å². The second-order valence-corrected chi connectivity index (χ2v) is 11.5. The van der Waals surface area contributed by atoms with E-state index >= 15 is 0 Å². The Balaban J connectivity index is 2.06. The topological polar surface area (TPSA) is 101 Å². The second kappa shape index (κ2) is 16.0. The summed E-state index contributed by atoms with van der Waals surface area (Å²) in [7, 11) is -3.94. The lowest BCUT2D eigenvalue weighted by Gasteiger charge is -2.46. The molecule has 0 bridgehead atoms. The van der Waals surface area contributed by atoms with Crippen LogP contribution >= 0.6 is 7.60 Å². The number of rotatable bonds is 15. The number of Topliss-reactive ketones (excluding diaryl/α,β-unsaturated/α-hetero) is 1. The van der Waals surface area contributed by atoms with Crippen LogP contribution in [0, 0.1) is 0 Å². The van der Waals surface area contributed by atoms with Crippen molar-refractivity contribution < 1.29 is 37.4 Å². The highest BCUT2D eigenvalue weighted by Crippen LogP contribution is 2.58. The van der Waals surface area contributed by atoms with Crippen LogP contribution < -0.4 is 4.74 Å². The molecule has 1 fully saturated rings. The van der Waals surface area contributed by atoms with E-state index in [4.69, 9.17) is 23.3 Å². The van der Waals surface area contributed by atoms with Gasteiger partial charge in [-0.15, -0.1) is 0 Å². The number of amides is 1. The van der Waals surface area contributed by atoms with E-state index in [1.807, 2.05) is 50.2 Å². The number of ketones is 1. The van der Waals surface area contributed by atoms with Crippen LogP contribution in [-0.2, 0) is 27.9 Å². The smallest absolute Gasteiger partial charge is 0.410 e. The van der Waals surface area contributed by atoms with Gasteiger partial charge in [-0.2, -0.15) is 0 Å². The molecule has 1 aliphatic rings. The van der Waals surface area contributed by atoms with Crippen LogP contribution in [-0.4, -0.2) is 61.2 Å². The zero-order valence-corrected chi connectivity index (χ0v) is 24.8. The number of nitrogens with zero attached hydrogens (tertiary/aromatic N) is 1. The van der Waals surface area contributed by atoms with Crippen molar-refractivity contribution in [1.82, 2.24) is 4.90 Å². The van der Waals surface area contributed by atoms with E-state index in [2.05, 4.69) is 0 Å². The maximum atomic E-state index is 14.2. The minimum atomic E-state index is -3.94. The highest BCUT2D eigenvalue weighted by Gasteiger charge is 2.54. The number of likely N-dealkylation sites (tertiary alicyclic amines) is 1. The molecule has 1 unspecified atom stereocenters. The molecule has 10 heteroatoms. The van der Waals surface area contributed by atoms with Crippen LogP contribution in [0.15, 0.2) is 60.7 Å². The zero-order chi connectivity index (χ0) is 29.0. The first-order valence-electron chi connectivity index (χ1n) is 14.1. The lowest BCUT2D eigenvalue weighted by atomic mass is 9.87. The van der Waals surface area contributed by atoms with Gasteiger partial charge in [0.05, 0.1) is 25.3 Å². The fourth-order valence-electron chi connectivity index (χ4n) is 5.19. The quantitative estimate of drug-likeness (QED) is 0.169. The molecule has 3 atom stereocenters. The molecule has 1 amide bonds. The van der Waals surface area contributed by atoms with Gasteiger partial charge in [-0.1, -0.05) is 48.5 Å². The summed E-state index contributed by atoms with van der Waals surface area (Å²) in [6.45, 7) is 8.38. The van der Waals surface area contributed by atoms with Crippen molar-refractivity contribution in [3.63, 3.8) is 0 Å². The lowest BCUT2D eigenvalue weighted by molar-refractivity contribution is -0.140. The Bertz CT molecular complexity index is 1080. The van der Waals surface area contributed by atoms with E-state index in [0.29, 0.717) is 38.2 Å². The van der Waals surface area contributed by atoms with Gasteiger partial charge < -0.3 is 23.3 Å². The predicted molar refractivity (Wildman–Crippen MR) is 152 cm³/mol. The molecule has 9 nitrogen and oxygen atoms in total. The third-order valence-corrected chi connectivity index (χ3v) is 9.28. The number of hydrogen-bond donors (Lipinski definition) is 0. The van der Waals surface area contributed by atoms with Crippen LogP contribution in [0.2, 0.25) is 0 Å². The Morgan fingerprint density at radius 1 is 0.900 bits per heavy atom. The number of para-hydroxylation sites is 1. The van der Waals surface area contributed by atoms with Crippen LogP contribution in [0.1, 0.15) is 65.0 Å². The number of hydrogen-bond acceptors (Lipinski definition) is 8. The maximum Gasteiger partial charge on any atom is 0.416 e. The van der Waals surface area contributed by atoms with E-state index in [1.165, 1.54) is 0 Å². The van der Waals surface area contributed by atoms with Crippen LogP contribution in [0.4, 0.5) is 4.79 Å². The number of benzene rings is 2. The second-order valence-electron chi connectivity index (χ2n) is 9.34. The third-order valence-electron chi connectivity index (χ3n) is 6.73. The summed E-state index contributed by atoms with van der Waals surface area (Å²) >= 11 is 0. The molecule has 40 heavy (non-hydrogen) atoms. The van der Waals surface area contributed by atoms with E-state index in [-0.39, 0.29) is 25.4 Å². The lowest BCUT2D eigenvalue weighted by Crippen LogP contribution is -2.57. The molecule has 2 aromatic carbocycles. The highest BCUT2D eigenvalue weighted by atomic mass is 31.2. The number of carbonyl (C=O) groups excluding carboxylic acids is 2. The number of ether oxygens (including phenoxy) is 3. The Morgan fingerprint density at radius 3 is 2.02 bits per heavy atom. The van der Waals surface area contributed by atoms with Crippen LogP contribution in [0.25, 0.3) is 0 Å². The summed E-state index contributed by atoms with van der Waals surface area (Å²) in [5.41, 5.74) is -0.373. The molecule has 1 aliphatic heterocycles. The largest absolute Gasteiger partial charge is 0.416 e. The summed E-state index contributed by atoms with van der Waals surface area (Å²) in [6, 6.07) is 16.7. The van der Waals surface area contributed by atoms with Crippen LogP contribution in [0.5, 0.6) is 5.75 Å². The summed E-state index contributed by atoms with van der Waals surface area (Å²) in [6.07, 6.45) is 0.309. The molecule has 1 heterocycles. The van der Waals surface area contributed by atoms with Gasteiger partial charge in [0.15, 0.2) is 12.1 Å². The van der Waals surface area contributed by atoms with Gasteiger partial charge in [-0.05, 0) is 64.7 Å². The van der Waals surface area contributed by atoms with E-state index < -0.39 is 37.7 Å². The SMILES string of the molecule is CCOC(CCC[C@@H]1C(P(=O)(OCC)OCC)C(=O)C[C@@H](c2ccccc2)N1C(=O)Oc1ccccc1)OCC. The molecule has 220 valence electrons. The molecular weight excluding hydrogens is 533 g/mol. The molecule has 1 saturated heterocycles. The first-order chi connectivity index (χ1) is 19.4. The van der Waals surface area contributed by atoms with Crippen molar-refractivity contribution in [1.29, 1.82) is 0 Å². The Hall–Kier alpha value is -2.55. The standard InChI is InChI=1S/C30H42NO8P/c1-5-35-28(36-6-2)21-15-20-25-29(40(34,37-7-3)38-8-4)27(32)22-26(23-16-11-9-12-17-23)31(25)30(33)39-24-18-13-10-14-19-24/h9-14,16-19,25-26,28-29H,5-8,15,20-22H2,1-4H3/t25-,26+,29?/m1/s1. The fourth-order valence-corrected chi connectivity index (χ4v) is 7.48. The van der Waals surface area contributed by atoms with Gasteiger partial charge in [0.25, 0.3) is 0 Å². The maximum absolute atomic E-state index is 14.2. The molecule has 0 radical (unpaired) electrons. The number of carbonyl (C=O) groups is 2. The van der Waals surface area contributed by atoms with Crippen molar-refractivity contribution in [3.05, 3.63) is 66.2 Å². The molecule has 0 N–H and O–H groups in total. The average Bonchev–Trinajstić information content (AvgIpc) is 2.94. The summed E-state index contributed by atoms with van der Waals surface area (Å²) in [5.74, 6) is 0.107.